The van der Waals surface area contributed by atoms with Gasteiger partial charge < -0.3 is 5.11 Å². The van der Waals surface area contributed by atoms with Gasteiger partial charge in [-0.15, -0.1) is 6.42 Å². The van der Waals surface area contributed by atoms with Crippen molar-refractivity contribution in [2.75, 3.05) is 13.2 Å². The molecule has 0 aromatic carbocycles. The van der Waals surface area contributed by atoms with Crippen LogP contribution >= 0.6 is 0 Å². The predicted octanol–water partition coefficient (Wildman–Crippen LogP) is 1.15. The van der Waals surface area contributed by atoms with E-state index in [1.165, 1.54) is 12.8 Å². The Kier molecular flexibility index (Phi) is 3.77. The van der Waals surface area contributed by atoms with Gasteiger partial charge in [-0.25, -0.2) is 0 Å². The highest BCUT2D eigenvalue weighted by Gasteiger charge is 2.32. The van der Waals surface area contributed by atoms with E-state index >= 15 is 0 Å². The minimum Gasteiger partial charge on any atom is -0.394 e. The molecule has 1 fully saturated rings. The Morgan fingerprint density at radius 3 is 2.62 bits per heavy atom. The van der Waals surface area contributed by atoms with E-state index in [1.807, 2.05) is 0 Å². The maximum Gasteiger partial charge on any atom is 0.0613 e. The molecule has 0 bridgehead atoms. The molecule has 0 spiro atoms. The Labute approximate surface area is 80.7 Å². The van der Waals surface area contributed by atoms with Crippen LogP contribution in [0.1, 0.15) is 32.6 Å². The SMILES string of the molecule is C#CCNC1(CO)CCC(C)CC1. The first-order valence-corrected chi connectivity index (χ1v) is 5.02. The lowest BCUT2D eigenvalue weighted by Gasteiger charge is -2.38. The molecular weight excluding hydrogens is 162 g/mol. The topological polar surface area (TPSA) is 32.3 Å². The van der Waals surface area contributed by atoms with E-state index in [9.17, 15) is 5.11 Å². The molecule has 0 amide bonds. The molecule has 0 aliphatic heterocycles. The van der Waals surface area contributed by atoms with Crippen molar-refractivity contribution in [3.05, 3.63) is 0 Å². The third kappa shape index (κ3) is 2.72. The Hall–Kier alpha value is -0.520. The van der Waals surface area contributed by atoms with Crippen LogP contribution in [0, 0.1) is 18.3 Å². The second-order valence-electron chi connectivity index (χ2n) is 4.18. The van der Waals surface area contributed by atoms with Crippen molar-refractivity contribution in [3.63, 3.8) is 0 Å². The van der Waals surface area contributed by atoms with E-state index in [2.05, 4.69) is 18.2 Å². The van der Waals surface area contributed by atoms with Crippen molar-refractivity contribution in [2.24, 2.45) is 5.92 Å². The van der Waals surface area contributed by atoms with Crippen LogP contribution in [-0.2, 0) is 0 Å². The molecule has 0 atom stereocenters. The molecule has 74 valence electrons. The number of hydrogen-bond donors (Lipinski definition) is 2. The zero-order valence-electron chi connectivity index (χ0n) is 8.34. The number of hydrogen-bond acceptors (Lipinski definition) is 2. The number of nitrogens with one attached hydrogen (secondary N) is 1. The zero-order valence-corrected chi connectivity index (χ0v) is 8.34. The molecule has 1 rings (SSSR count). The average Bonchev–Trinajstić information content (AvgIpc) is 2.18. The zero-order chi connectivity index (χ0) is 9.73. The third-order valence-electron chi connectivity index (χ3n) is 3.10. The summed E-state index contributed by atoms with van der Waals surface area (Å²) in [6.45, 7) is 3.04. The molecule has 2 nitrogen and oxygen atoms in total. The molecule has 1 saturated carbocycles. The molecule has 0 aromatic heterocycles. The first-order chi connectivity index (χ1) is 6.22. The minimum absolute atomic E-state index is 0.0844. The summed E-state index contributed by atoms with van der Waals surface area (Å²) < 4.78 is 0. The van der Waals surface area contributed by atoms with Gasteiger partial charge in [0.25, 0.3) is 0 Å². The Morgan fingerprint density at radius 1 is 1.54 bits per heavy atom. The highest BCUT2D eigenvalue weighted by Crippen LogP contribution is 2.31. The largest absolute Gasteiger partial charge is 0.394 e. The number of aliphatic hydroxyl groups excluding tert-OH is 1. The first-order valence-electron chi connectivity index (χ1n) is 5.02. The van der Waals surface area contributed by atoms with Gasteiger partial charge in [-0.2, -0.15) is 0 Å². The maximum atomic E-state index is 9.32. The van der Waals surface area contributed by atoms with Crippen molar-refractivity contribution in [2.45, 2.75) is 38.1 Å². The van der Waals surface area contributed by atoms with E-state index in [4.69, 9.17) is 6.42 Å². The van der Waals surface area contributed by atoms with Crippen LogP contribution in [0.15, 0.2) is 0 Å². The van der Waals surface area contributed by atoms with Gasteiger partial charge in [0.1, 0.15) is 0 Å². The van der Waals surface area contributed by atoms with Gasteiger partial charge in [0.2, 0.25) is 0 Å². The van der Waals surface area contributed by atoms with E-state index in [0.717, 1.165) is 18.8 Å². The first kappa shape index (κ1) is 10.6. The quantitative estimate of drug-likeness (QED) is 0.640. The Bertz CT molecular complexity index is 187. The van der Waals surface area contributed by atoms with Crippen molar-refractivity contribution in [3.8, 4) is 12.3 Å². The standard InChI is InChI=1S/C11H19NO/c1-3-8-12-11(9-13)6-4-10(2)5-7-11/h1,10,12-13H,4-9H2,2H3. The van der Waals surface area contributed by atoms with Crippen molar-refractivity contribution < 1.29 is 5.11 Å². The second-order valence-corrected chi connectivity index (χ2v) is 4.18. The van der Waals surface area contributed by atoms with E-state index in [0.29, 0.717) is 6.54 Å². The third-order valence-corrected chi connectivity index (χ3v) is 3.10. The molecule has 0 unspecified atom stereocenters. The van der Waals surface area contributed by atoms with Crippen molar-refractivity contribution in [1.82, 2.24) is 5.32 Å². The highest BCUT2D eigenvalue weighted by atomic mass is 16.3. The lowest BCUT2D eigenvalue weighted by molar-refractivity contribution is 0.110. The lowest BCUT2D eigenvalue weighted by atomic mass is 9.77. The molecule has 0 heterocycles. The summed E-state index contributed by atoms with van der Waals surface area (Å²) in [4.78, 5) is 0. The predicted molar refractivity (Wildman–Crippen MR) is 54.3 cm³/mol. The summed E-state index contributed by atoms with van der Waals surface area (Å²) in [7, 11) is 0. The van der Waals surface area contributed by atoms with Crippen LogP contribution in [0.25, 0.3) is 0 Å². The molecule has 0 aromatic rings. The van der Waals surface area contributed by atoms with Gasteiger partial charge in [-0.3, -0.25) is 5.32 Å². The average molecular weight is 181 g/mol. The van der Waals surface area contributed by atoms with Gasteiger partial charge >= 0.3 is 0 Å². The Morgan fingerprint density at radius 2 is 2.15 bits per heavy atom. The molecule has 0 saturated heterocycles. The monoisotopic (exact) mass is 181 g/mol. The van der Waals surface area contributed by atoms with E-state index in [-0.39, 0.29) is 12.1 Å². The summed E-state index contributed by atoms with van der Waals surface area (Å²) in [5.74, 6) is 3.36. The van der Waals surface area contributed by atoms with Crippen molar-refractivity contribution >= 4 is 0 Å². The van der Waals surface area contributed by atoms with Crippen LogP contribution in [0.4, 0.5) is 0 Å². The van der Waals surface area contributed by atoms with Crippen LogP contribution in [-0.4, -0.2) is 23.8 Å². The fraction of sp³-hybridized carbons (Fsp3) is 0.818. The summed E-state index contributed by atoms with van der Waals surface area (Å²) in [5, 5.41) is 12.6. The van der Waals surface area contributed by atoms with Crippen LogP contribution in [0.2, 0.25) is 0 Å². The molecule has 2 N–H and O–H groups in total. The van der Waals surface area contributed by atoms with Crippen molar-refractivity contribution in [1.29, 1.82) is 0 Å². The van der Waals surface area contributed by atoms with Gasteiger partial charge in [0.15, 0.2) is 0 Å². The summed E-state index contributed by atoms with van der Waals surface area (Å²) in [5.41, 5.74) is -0.0844. The van der Waals surface area contributed by atoms with Crippen LogP contribution in [0.3, 0.4) is 0 Å². The minimum atomic E-state index is -0.0844. The smallest absolute Gasteiger partial charge is 0.0613 e. The summed E-state index contributed by atoms with van der Waals surface area (Å²) in [6.07, 6.45) is 9.67. The van der Waals surface area contributed by atoms with Crippen LogP contribution in [0.5, 0.6) is 0 Å². The van der Waals surface area contributed by atoms with Gasteiger partial charge in [-0.05, 0) is 31.6 Å². The Balaban J connectivity index is 2.46. The number of terminal acetylenes is 1. The normalized spacial score (nSPS) is 34.1. The molecule has 2 heteroatoms. The number of aliphatic hydroxyl groups is 1. The highest BCUT2D eigenvalue weighted by molar-refractivity contribution is 4.97. The molecule has 13 heavy (non-hydrogen) atoms. The number of rotatable bonds is 3. The van der Waals surface area contributed by atoms with E-state index < -0.39 is 0 Å². The van der Waals surface area contributed by atoms with Gasteiger partial charge in [0, 0.05) is 5.54 Å². The molecular formula is C11H19NO. The molecule has 1 aliphatic carbocycles. The maximum absolute atomic E-state index is 9.32. The van der Waals surface area contributed by atoms with Crippen LogP contribution < -0.4 is 5.32 Å². The fourth-order valence-electron chi connectivity index (χ4n) is 1.94. The van der Waals surface area contributed by atoms with E-state index in [1.54, 1.807) is 0 Å². The lowest BCUT2D eigenvalue weighted by Crippen LogP contribution is -2.50. The molecule has 1 aliphatic rings. The second kappa shape index (κ2) is 4.64. The summed E-state index contributed by atoms with van der Waals surface area (Å²) >= 11 is 0. The molecule has 0 radical (unpaired) electrons. The fourth-order valence-corrected chi connectivity index (χ4v) is 1.94. The van der Waals surface area contributed by atoms with Gasteiger partial charge in [-0.1, -0.05) is 12.8 Å². The summed E-state index contributed by atoms with van der Waals surface area (Å²) in [6, 6.07) is 0. The van der Waals surface area contributed by atoms with Gasteiger partial charge in [0.05, 0.1) is 13.2 Å².